The lowest BCUT2D eigenvalue weighted by Gasteiger charge is -2.26. The fourth-order valence-corrected chi connectivity index (χ4v) is 3.00. The topological polar surface area (TPSA) is 9.23 Å². The highest BCUT2D eigenvalue weighted by Gasteiger charge is 2.20. The number of ether oxygens (including phenoxy) is 1. The largest absolute Gasteiger partial charge is 0.489 e. The van der Waals surface area contributed by atoms with Crippen LogP contribution < -0.4 is 0 Å². The van der Waals surface area contributed by atoms with Gasteiger partial charge in [0.05, 0.1) is 6.26 Å². The van der Waals surface area contributed by atoms with Gasteiger partial charge in [-0.05, 0) is 42.0 Å². The van der Waals surface area contributed by atoms with Gasteiger partial charge in [-0.15, -0.1) is 0 Å². The molecule has 1 heteroatoms. The van der Waals surface area contributed by atoms with Crippen LogP contribution in [0.2, 0.25) is 0 Å². The Morgan fingerprint density at radius 2 is 1.72 bits per heavy atom. The zero-order valence-corrected chi connectivity index (χ0v) is 10.7. The van der Waals surface area contributed by atoms with Crippen LogP contribution in [-0.2, 0) is 4.74 Å². The maximum Gasteiger partial charge on any atom is 0.142 e. The van der Waals surface area contributed by atoms with Crippen LogP contribution >= 0.6 is 0 Å². The summed E-state index contributed by atoms with van der Waals surface area (Å²) < 4.78 is 5.73. The highest BCUT2D eigenvalue weighted by Crippen LogP contribution is 2.34. The molecule has 2 aliphatic rings. The van der Waals surface area contributed by atoms with Crippen molar-refractivity contribution in [1.82, 2.24) is 0 Å². The normalized spacial score (nSPS) is 24.4. The van der Waals surface area contributed by atoms with Gasteiger partial charge in [0, 0.05) is 0 Å². The van der Waals surface area contributed by atoms with Crippen molar-refractivity contribution in [3.8, 4) is 0 Å². The van der Waals surface area contributed by atoms with E-state index >= 15 is 0 Å². The van der Waals surface area contributed by atoms with E-state index in [0.29, 0.717) is 0 Å². The van der Waals surface area contributed by atoms with Crippen molar-refractivity contribution in [2.24, 2.45) is 5.92 Å². The molecule has 0 spiro atoms. The average molecular weight is 240 g/mol. The molecule has 0 N–H and O–H groups in total. The standard InChI is InChI=1S/C17H20O/c1-3-7-14(8-4-1)16-11-12-18-17(13-16)15-9-5-2-6-10-15/h2,5-6,9-14,17H,1,3-4,7-8H2. The van der Waals surface area contributed by atoms with E-state index < -0.39 is 0 Å². The fourth-order valence-electron chi connectivity index (χ4n) is 3.00. The Morgan fingerprint density at radius 3 is 2.50 bits per heavy atom. The SMILES string of the molecule is C1=CC(C2CCCCC2)=CC(c2ccccc2)O1. The van der Waals surface area contributed by atoms with Crippen LogP contribution in [0.25, 0.3) is 0 Å². The molecule has 1 heterocycles. The molecular formula is C17H20O. The average Bonchev–Trinajstić information content (AvgIpc) is 2.49. The van der Waals surface area contributed by atoms with Crippen molar-refractivity contribution >= 4 is 0 Å². The van der Waals surface area contributed by atoms with Crippen molar-refractivity contribution < 1.29 is 4.74 Å². The Bertz CT molecular complexity index is 438. The molecule has 18 heavy (non-hydrogen) atoms. The lowest BCUT2D eigenvalue weighted by atomic mass is 9.82. The number of benzene rings is 1. The predicted molar refractivity (Wildman–Crippen MR) is 74.1 cm³/mol. The Morgan fingerprint density at radius 1 is 0.944 bits per heavy atom. The Labute approximate surface area is 109 Å². The number of hydrogen-bond donors (Lipinski definition) is 0. The second kappa shape index (κ2) is 5.43. The van der Waals surface area contributed by atoms with Crippen LogP contribution in [0.3, 0.4) is 0 Å². The van der Waals surface area contributed by atoms with E-state index in [9.17, 15) is 0 Å². The molecule has 1 aliphatic carbocycles. The molecule has 1 aromatic carbocycles. The zero-order valence-electron chi connectivity index (χ0n) is 10.7. The van der Waals surface area contributed by atoms with Crippen molar-refractivity contribution in [3.05, 3.63) is 59.9 Å². The first-order valence-corrected chi connectivity index (χ1v) is 7.02. The van der Waals surface area contributed by atoms with Gasteiger partial charge in [-0.3, -0.25) is 0 Å². The van der Waals surface area contributed by atoms with Crippen LogP contribution in [0.5, 0.6) is 0 Å². The molecule has 1 unspecified atom stereocenters. The fraction of sp³-hybridized carbons (Fsp3) is 0.412. The maximum atomic E-state index is 5.73. The number of rotatable bonds is 2. The molecular weight excluding hydrogens is 220 g/mol. The zero-order chi connectivity index (χ0) is 12.2. The molecule has 0 saturated heterocycles. The molecule has 1 aromatic rings. The third kappa shape index (κ3) is 2.50. The highest BCUT2D eigenvalue weighted by atomic mass is 16.5. The summed E-state index contributed by atoms with van der Waals surface area (Å²) in [4.78, 5) is 0. The van der Waals surface area contributed by atoms with Crippen molar-refractivity contribution in [1.29, 1.82) is 0 Å². The minimum absolute atomic E-state index is 0.105. The summed E-state index contributed by atoms with van der Waals surface area (Å²) in [6.07, 6.45) is 13.3. The first-order valence-electron chi connectivity index (χ1n) is 7.02. The second-order valence-electron chi connectivity index (χ2n) is 5.27. The van der Waals surface area contributed by atoms with Gasteiger partial charge in [0.1, 0.15) is 6.10 Å². The van der Waals surface area contributed by atoms with Gasteiger partial charge < -0.3 is 4.74 Å². The van der Waals surface area contributed by atoms with Gasteiger partial charge >= 0.3 is 0 Å². The van der Waals surface area contributed by atoms with Crippen LogP contribution in [0.1, 0.15) is 43.8 Å². The summed E-state index contributed by atoms with van der Waals surface area (Å²) in [7, 11) is 0. The molecule has 3 rings (SSSR count). The molecule has 1 aliphatic heterocycles. The van der Waals surface area contributed by atoms with Gasteiger partial charge in [0.15, 0.2) is 0 Å². The lowest BCUT2D eigenvalue weighted by molar-refractivity contribution is 0.182. The molecule has 1 atom stereocenters. The summed E-state index contributed by atoms with van der Waals surface area (Å²) >= 11 is 0. The van der Waals surface area contributed by atoms with Crippen molar-refractivity contribution in [2.75, 3.05) is 0 Å². The minimum Gasteiger partial charge on any atom is -0.489 e. The van der Waals surface area contributed by atoms with Crippen LogP contribution in [0.4, 0.5) is 0 Å². The van der Waals surface area contributed by atoms with E-state index in [1.165, 1.54) is 43.2 Å². The molecule has 1 nitrogen and oxygen atoms in total. The van der Waals surface area contributed by atoms with E-state index in [-0.39, 0.29) is 6.10 Å². The smallest absolute Gasteiger partial charge is 0.142 e. The summed E-state index contributed by atoms with van der Waals surface area (Å²) in [6.45, 7) is 0. The Balaban J connectivity index is 1.78. The summed E-state index contributed by atoms with van der Waals surface area (Å²) in [5, 5.41) is 0. The predicted octanol–water partition coefficient (Wildman–Crippen LogP) is 4.78. The summed E-state index contributed by atoms with van der Waals surface area (Å²) in [5.74, 6) is 0.755. The third-order valence-corrected chi connectivity index (χ3v) is 4.03. The van der Waals surface area contributed by atoms with Gasteiger partial charge in [-0.1, -0.05) is 49.6 Å². The first kappa shape index (κ1) is 11.6. The Kier molecular flexibility index (Phi) is 3.49. The quantitative estimate of drug-likeness (QED) is 0.723. The highest BCUT2D eigenvalue weighted by molar-refractivity contribution is 5.31. The molecule has 0 radical (unpaired) electrons. The van der Waals surface area contributed by atoms with E-state index in [1.807, 2.05) is 12.3 Å². The molecule has 1 saturated carbocycles. The number of allylic oxidation sites excluding steroid dienone is 2. The molecule has 0 amide bonds. The van der Waals surface area contributed by atoms with E-state index in [0.717, 1.165) is 5.92 Å². The van der Waals surface area contributed by atoms with Crippen molar-refractivity contribution in [2.45, 2.75) is 38.2 Å². The second-order valence-corrected chi connectivity index (χ2v) is 5.27. The summed E-state index contributed by atoms with van der Waals surface area (Å²) in [5.41, 5.74) is 2.73. The lowest BCUT2D eigenvalue weighted by Crippen LogP contribution is -2.12. The molecule has 0 aromatic heterocycles. The Hall–Kier alpha value is -1.50. The van der Waals surface area contributed by atoms with Crippen LogP contribution in [-0.4, -0.2) is 0 Å². The van der Waals surface area contributed by atoms with Gasteiger partial charge in [0.2, 0.25) is 0 Å². The third-order valence-electron chi connectivity index (χ3n) is 4.03. The van der Waals surface area contributed by atoms with Gasteiger partial charge in [0.25, 0.3) is 0 Å². The van der Waals surface area contributed by atoms with E-state index in [1.54, 1.807) is 0 Å². The van der Waals surface area contributed by atoms with E-state index in [4.69, 9.17) is 4.74 Å². The monoisotopic (exact) mass is 240 g/mol. The molecule has 0 bridgehead atoms. The van der Waals surface area contributed by atoms with E-state index in [2.05, 4.69) is 36.4 Å². The minimum atomic E-state index is 0.105. The first-order chi connectivity index (χ1) is 8.93. The number of hydrogen-bond acceptors (Lipinski definition) is 1. The van der Waals surface area contributed by atoms with Gasteiger partial charge in [-0.2, -0.15) is 0 Å². The van der Waals surface area contributed by atoms with Crippen molar-refractivity contribution in [3.63, 3.8) is 0 Å². The van der Waals surface area contributed by atoms with Crippen LogP contribution in [0, 0.1) is 5.92 Å². The maximum absolute atomic E-state index is 5.73. The molecule has 1 fully saturated rings. The summed E-state index contributed by atoms with van der Waals surface area (Å²) in [6, 6.07) is 10.5. The van der Waals surface area contributed by atoms with Crippen LogP contribution in [0.15, 0.2) is 54.3 Å². The van der Waals surface area contributed by atoms with Gasteiger partial charge in [-0.25, -0.2) is 0 Å². The molecule has 94 valence electrons.